The van der Waals surface area contributed by atoms with Crippen LogP contribution in [0.4, 0.5) is 0 Å². The monoisotopic (exact) mass is 195 g/mol. The fraction of sp³-hybridized carbons (Fsp3) is 1.00. The average molecular weight is 195 g/mol. The Morgan fingerprint density at radius 3 is 2.36 bits per heavy atom. The van der Waals surface area contributed by atoms with Crippen molar-refractivity contribution in [2.45, 2.75) is 58.3 Å². The molecule has 2 saturated carbocycles. The third-order valence-corrected chi connectivity index (χ3v) is 4.27. The molecule has 0 aliphatic heterocycles. The highest BCUT2D eigenvalue weighted by molar-refractivity contribution is 4.81. The van der Waals surface area contributed by atoms with Crippen molar-refractivity contribution in [3.63, 3.8) is 0 Å². The van der Waals surface area contributed by atoms with Crippen LogP contribution in [0, 0.1) is 11.3 Å². The van der Waals surface area contributed by atoms with Crippen molar-refractivity contribution in [2.24, 2.45) is 11.3 Å². The largest absolute Gasteiger partial charge is 0.316 e. The summed E-state index contributed by atoms with van der Waals surface area (Å²) in [7, 11) is 0. The Labute approximate surface area is 88.7 Å². The van der Waals surface area contributed by atoms with E-state index in [-0.39, 0.29) is 0 Å². The minimum atomic E-state index is 0.627. The fourth-order valence-electron chi connectivity index (χ4n) is 2.86. The molecule has 0 heterocycles. The molecule has 2 fully saturated rings. The van der Waals surface area contributed by atoms with E-state index < -0.39 is 0 Å². The highest BCUT2D eigenvalue weighted by Gasteiger charge is 2.26. The van der Waals surface area contributed by atoms with Gasteiger partial charge in [0.25, 0.3) is 0 Å². The molecule has 2 aliphatic carbocycles. The minimum Gasteiger partial charge on any atom is -0.316 e. The first-order valence-electron chi connectivity index (χ1n) is 6.49. The van der Waals surface area contributed by atoms with Crippen molar-refractivity contribution in [3.05, 3.63) is 0 Å². The van der Waals surface area contributed by atoms with Crippen molar-refractivity contribution < 1.29 is 0 Å². The zero-order valence-corrected chi connectivity index (χ0v) is 9.65. The lowest BCUT2D eigenvalue weighted by Crippen LogP contribution is -2.37. The molecule has 0 spiro atoms. The molecule has 0 aromatic rings. The number of hydrogen-bond donors (Lipinski definition) is 1. The first-order valence-corrected chi connectivity index (χ1v) is 6.49. The van der Waals surface area contributed by atoms with E-state index in [1.807, 2.05) is 0 Å². The van der Waals surface area contributed by atoms with E-state index in [0.717, 1.165) is 5.92 Å². The van der Waals surface area contributed by atoms with Crippen LogP contribution in [0.1, 0.15) is 58.3 Å². The molecular formula is C13H25N. The maximum Gasteiger partial charge on any atom is 0.000527 e. The van der Waals surface area contributed by atoms with Gasteiger partial charge in [0.05, 0.1) is 0 Å². The van der Waals surface area contributed by atoms with Crippen molar-refractivity contribution in [2.75, 3.05) is 13.1 Å². The van der Waals surface area contributed by atoms with Gasteiger partial charge < -0.3 is 5.32 Å². The maximum absolute atomic E-state index is 3.70. The van der Waals surface area contributed by atoms with Crippen molar-refractivity contribution in [1.29, 1.82) is 0 Å². The standard InChI is InChI=1S/C13H25N/c1-13(8-3-2-4-9-13)11-14-10-12-6-5-7-12/h12,14H,2-11H2,1H3. The van der Waals surface area contributed by atoms with Gasteiger partial charge in [-0.25, -0.2) is 0 Å². The van der Waals surface area contributed by atoms with Crippen LogP contribution in [0.3, 0.4) is 0 Å². The molecule has 0 amide bonds. The third-order valence-electron chi connectivity index (χ3n) is 4.27. The summed E-state index contributed by atoms with van der Waals surface area (Å²) in [5.74, 6) is 1.02. The van der Waals surface area contributed by atoms with Crippen LogP contribution in [0.2, 0.25) is 0 Å². The number of nitrogens with one attached hydrogen (secondary N) is 1. The van der Waals surface area contributed by atoms with Gasteiger partial charge in [-0.3, -0.25) is 0 Å². The zero-order chi connectivity index (χ0) is 9.86. The van der Waals surface area contributed by atoms with Gasteiger partial charge in [-0.05, 0) is 43.6 Å². The molecule has 2 rings (SSSR count). The molecule has 82 valence electrons. The van der Waals surface area contributed by atoms with Crippen LogP contribution in [0.15, 0.2) is 0 Å². The lowest BCUT2D eigenvalue weighted by Gasteiger charge is -2.35. The SMILES string of the molecule is CC1(CNCC2CCC2)CCCCC1. The first kappa shape index (κ1) is 10.5. The van der Waals surface area contributed by atoms with Gasteiger partial charge in [-0.2, -0.15) is 0 Å². The van der Waals surface area contributed by atoms with Gasteiger partial charge in [-0.1, -0.05) is 32.6 Å². The van der Waals surface area contributed by atoms with Crippen molar-refractivity contribution in [3.8, 4) is 0 Å². The molecule has 0 radical (unpaired) electrons. The molecule has 14 heavy (non-hydrogen) atoms. The third kappa shape index (κ3) is 2.73. The van der Waals surface area contributed by atoms with Gasteiger partial charge in [0.15, 0.2) is 0 Å². The van der Waals surface area contributed by atoms with E-state index >= 15 is 0 Å². The first-order chi connectivity index (χ1) is 6.79. The lowest BCUT2D eigenvalue weighted by atomic mass is 9.75. The molecular weight excluding hydrogens is 170 g/mol. The molecule has 1 N–H and O–H groups in total. The summed E-state index contributed by atoms with van der Waals surface area (Å²) in [6.07, 6.45) is 11.7. The summed E-state index contributed by atoms with van der Waals surface area (Å²) < 4.78 is 0. The van der Waals surface area contributed by atoms with Crippen molar-refractivity contribution in [1.82, 2.24) is 5.32 Å². The lowest BCUT2D eigenvalue weighted by molar-refractivity contribution is 0.196. The fourth-order valence-corrected chi connectivity index (χ4v) is 2.86. The Bertz CT molecular complexity index is 166. The summed E-state index contributed by atoms with van der Waals surface area (Å²) in [5, 5.41) is 3.70. The topological polar surface area (TPSA) is 12.0 Å². The zero-order valence-electron chi connectivity index (χ0n) is 9.65. The number of hydrogen-bond acceptors (Lipinski definition) is 1. The Balaban J connectivity index is 1.62. The van der Waals surface area contributed by atoms with Gasteiger partial charge in [0.2, 0.25) is 0 Å². The summed E-state index contributed by atoms with van der Waals surface area (Å²) in [4.78, 5) is 0. The Morgan fingerprint density at radius 1 is 1.07 bits per heavy atom. The van der Waals surface area contributed by atoms with Crippen LogP contribution in [0.25, 0.3) is 0 Å². The maximum atomic E-state index is 3.70. The molecule has 2 aliphatic rings. The molecule has 1 heteroatoms. The quantitative estimate of drug-likeness (QED) is 0.725. The Kier molecular flexibility index (Phi) is 3.48. The van der Waals surface area contributed by atoms with E-state index in [0.29, 0.717) is 5.41 Å². The predicted molar refractivity (Wildman–Crippen MR) is 61.4 cm³/mol. The molecule has 0 bridgehead atoms. The highest BCUT2D eigenvalue weighted by atomic mass is 14.9. The van der Waals surface area contributed by atoms with Crippen LogP contribution >= 0.6 is 0 Å². The van der Waals surface area contributed by atoms with Crippen molar-refractivity contribution >= 4 is 0 Å². The normalized spacial score (nSPS) is 27.2. The van der Waals surface area contributed by atoms with E-state index in [2.05, 4.69) is 12.2 Å². The van der Waals surface area contributed by atoms with E-state index in [4.69, 9.17) is 0 Å². The molecule has 0 atom stereocenters. The minimum absolute atomic E-state index is 0.627. The average Bonchev–Trinajstić information content (AvgIpc) is 2.11. The Morgan fingerprint density at radius 2 is 1.79 bits per heavy atom. The molecule has 0 aromatic carbocycles. The number of rotatable bonds is 4. The second-order valence-corrected chi connectivity index (χ2v) is 5.80. The second-order valence-electron chi connectivity index (χ2n) is 5.80. The van der Waals surface area contributed by atoms with Gasteiger partial charge >= 0.3 is 0 Å². The molecule has 1 nitrogen and oxygen atoms in total. The summed E-state index contributed by atoms with van der Waals surface area (Å²) in [6.45, 7) is 5.03. The van der Waals surface area contributed by atoms with E-state index in [9.17, 15) is 0 Å². The second kappa shape index (κ2) is 4.65. The Hall–Kier alpha value is -0.0400. The summed E-state index contributed by atoms with van der Waals surface area (Å²) in [5.41, 5.74) is 0.627. The smallest absolute Gasteiger partial charge is 0.000527 e. The van der Waals surface area contributed by atoms with Crippen LogP contribution in [0.5, 0.6) is 0 Å². The highest BCUT2D eigenvalue weighted by Crippen LogP contribution is 2.35. The van der Waals surface area contributed by atoms with Crippen LogP contribution in [-0.2, 0) is 0 Å². The van der Waals surface area contributed by atoms with Gasteiger partial charge in [0.1, 0.15) is 0 Å². The molecule has 0 unspecified atom stereocenters. The molecule has 0 saturated heterocycles. The van der Waals surface area contributed by atoms with Gasteiger partial charge in [0, 0.05) is 6.54 Å². The summed E-state index contributed by atoms with van der Waals surface area (Å²) >= 11 is 0. The van der Waals surface area contributed by atoms with Gasteiger partial charge in [-0.15, -0.1) is 0 Å². The van der Waals surface area contributed by atoms with Crippen LogP contribution in [-0.4, -0.2) is 13.1 Å². The predicted octanol–water partition coefficient (Wildman–Crippen LogP) is 3.35. The van der Waals surface area contributed by atoms with Crippen LogP contribution < -0.4 is 5.32 Å². The summed E-state index contributed by atoms with van der Waals surface area (Å²) in [6, 6.07) is 0. The molecule has 0 aromatic heterocycles. The van der Waals surface area contributed by atoms with E-state index in [1.165, 1.54) is 64.5 Å². The van der Waals surface area contributed by atoms with E-state index in [1.54, 1.807) is 0 Å².